The van der Waals surface area contributed by atoms with Gasteiger partial charge in [-0.2, -0.15) is 0 Å². The zero-order valence-electron chi connectivity index (χ0n) is 16.7. The highest BCUT2D eigenvalue weighted by molar-refractivity contribution is 5.79. The van der Waals surface area contributed by atoms with Gasteiger partial charge in [0.25, 0.3) is 0 Å². The zero-order chi connectivity index (χ0) is 19.2. The zero-order valence-corrected chi connectivity index (χ0v) is 16.7. The predicted molar refractivity (Wildman–Crippen MR) is 106 cm³/mol. The Kier molecular flexibility index (Phi) is 6.75. The molecule has 5 heteroatoms. The fraction of sp³-hybridized carbons (Fsp3) is 0.636. The number of benzene rings is 1. The lowest BCUT2D eigenvalue weighted by Gasteiger charge is -2.37. The first-order valence-electron chi connectivity index (χ1n) is 10.2. The number of carbonyl (C=O) groups is 2. The highest BCUT2D eigenvalue weighted by Crippen LogP contribution is 2.26. The molecule has 3 rings (SSSR count). The number of piperidine rings is 2. The van der Waals surface area contributed by atoms with Crippen LogP contribution in [0.3, 0.4) is 0 Å². The first kappa shape index (κ1) is 19.7. The highest BCUT2D eigenvalue weighted by Gasteiger charge is 2.31. The summed E-state index contributed by atoms with van der Waals surface area (Å²) in [4.78, 5) is 28.1. The quantitative estimate of drug-likeness (QED) is 0.798. The molecule has 0 saturated carbocycles. The van der Waals surface area contributed by atoms with Gasteiger partial charge in [0, 0.05) is 39.0 Å². The molecule has 0 bridgehead atoms. The lowest BCUT2D eigenvalue weighted by Crippen LogP contribution is -2.46. The molecule has 148 valence electrons. The number of ether oxygens (including phenoxy) is 1. The van der Waals surface area contributed by atoms with E-state index >= 15 is 0 Å². The molecule has 5 nitrogen and oxygen atoms in total. The third-order valence-corrected chi connectivity index (χ3v) is 6.22. The van der Waals surface area contributed by atoms with Gasteiger partial charge in [0.15, 0.2) is 0 Å². The summed E-state index contributed by atoms with van der Waals surface area (Å²) < 4.78 is 5.21. The second-order valence-electron chi connectivity index (χ2n) is 7.94. The van der Waals surface area contributed by atoms with Crippen LogP contribution in [0.15, 0.2) is 24.3 Å². The molecular formula is C22H32N2O3. The van der Waals surface area contributed by atoms with Crippen molar-refractivity contribution in [1.29, 1.82) is 0 Å². The summed E-state index contributed by atoms with van der Waals surface area (Å²) in [6.07, 6.45) is 6.12. The van der Waals surface area contributed by atoms with E-state index in [1.165, 1.54) is 12.0 Å². The van der Waals surface area contributed by atoms with Crippen molar-refractivity contribution in [2.75, 3.05) is 33.3 Å². The Morgan fingerprint density at radius 3 is 2.11 bits per heavy atom. The molecular weight excluding hydrogens is 340 g/mol. The Morgan fingerprint density at radius 2 is 1.56 bits per heavy atom. The van der Waals surface area contributed by atoms with Crippen LogP contribution in [0.2, 0.25) is 0 Å². The number of nitrogens with zero attached hydrogens (tertiary/aromatic N) is 2. The summed E-state index contributed by atoms with van der Waals surface area (Å²) in [6.45, 7) is 4.84. The minimum atomic E-state index is 0.108. The molecule has 0 radical (unpaired) electrons. The second kappa shape index (κ2) is 9.25. The molecule has 1 aromatic carbocycles. The van der Waals surface area contributed by atoms with E-state index in [9.17, 15) is 9.59 Å². The first-order chi connectivity index (χ1) is 13.1. The van der Waals surface area contributed by atoms with E-state index in [4.69, 9.17) is 4.74 Å². The normalized spacial score (nSPS) is 19.2. The summed E-state index contributed by atoms with van der Waals surface area (Å²) in [6, 6.07) is 8.33. The fourth-order valence-corrected chi connectivity index (χ4v) is 4.30. The Balaban J connectivity index is 1.39. The van der Waals surface area contributed by atoms with E-state index in [2.05, 4.69) is 17.0 Å². The summed E-state index contributed by atoms with van der Waals surface area (Å²) in [5.74, 6) is 2.15. The number of carbonyl (C=O) groups excluding carboxylic acids is 2. The van der Waals surface area contributed by atoms with E-state index in [1.54, 1.807) is 14.0 Å². The van der Waals surface area contributed by atoms with E-state index in [0.717, 1.165) is 64.0 Å². The largest absolute Gasteiger partial charge is 0.497 e. The molecule has 0 unspecified atom stereocenters. The number of amides is 2. The van der Waals surface area contributed by atoms with Gasteiger partial charge in [-0.15, -0.1) is 0 Å². The van der Waals surface area contributed by atoms with Crippen molar-refractivity contribution in [2.24, 2.45) is 11.8 Å². The minimum absolute atomic E-state index is 0.108. The predicted octanol–water partition coefficient (Wildman–Crippen LogP) is 3.12. The number of likely N-dealkylation sites (tertiary alicyclic amines) is 2. The van der Waals surface area contributed by atoms with Crippen molar-refractivity contribution >= 4 is 11.8 Å². The van der Waals surface area contributed by atoms with Gasteiger partial charge >= 0.3 is 0 Å². The third kappa shape index (κ3) is 5.24. The maximum absolute atomic E-state index is 12.8. The lowest BCUT2D eigenvalue weighted by molar-refractivity contribution is -0.141. The first-order valence-corrected chi connectivity index (χ1v) is 10.2. The fourth-order valence-electron chi connectivity index (χ4n) is 4.30. The highest BCUT2D eigenvalue weighted by atomic mass is 16.5. The molecule has 0 aromatic heterocycles. The Bertz CT molecular complexity index is 627. The summed E-state index contributed by atoms with van der Waals surface area (Å²) in [7, 11) is 1.69. The van der Waals surface area contributed by atoms with Crippen LogP contribution < -0.4 is 4.74 Å². The van der Waals surface area contributed by atoms with Crippen molar-refractivity contribution in [1.82, 2.24) is 9.80 Å². The maximum atomic E-state index is 12.8. The van der Waals surface area contributed by atoms with Gasteiger partial charge in [-0.25, -0.2) is 0 Å². The molecule has 0 atom stereocenters. The van der Waals surface area contributed by atoms with Crippen molar-refractivity contribution < 1.29 is 14.3 Å². The lowest BCUT2D eigenvalue weighted by atomic mass is 9.89. The monoisotopic (exact) mass is 372 g/mol. The van der Waals surface area contributed by atoms with E-state index in [1.807, 2.05) is 17.0 Å². The van der Waals surface area contributed by atoms with Gasteiger partial charge in [-0.05, 0) is 62.1 Å². The summed E-state index contributed by atoms with van der Waals surface area (Å²) in [5.41, 5.74) is 1.35. The van der Waals surface area contributed by atoms with Crippen LogP contribution in [0.4, 0.5) is 0 Å². The molecule has 0 spiro atoms. The minimum Gasteiger partial charge on any atom is -0.497 e. The van der Waals surface area contributed by atoms with Crippen LogP contribution in [0.1, 0.15) is 44.6 Å². The Morgan fingerprint density at radius 1 is 0.963 bits per heavy atom. The van der Waals surface area contributed by atoms with Crippen LogP contribution in [0.5, 0.6) is 5.75 Å². The van der Waals surface area contributed by atoms with E-state index < -0.39 is 0 Å². The summed E-state index contributed by atoms with van der Waals surface area (Å²) >= 11 is 0. The van der Waals surface area contributed by atoms with Crippen molar-refractivity contribution in [3.05, 3.63) is 29.8 Å². The molecule has 0 aliphatic carbocycles. The topological polar surface area (TPSA) is 49.9 Å². The standard InChI is InChI=1S/C22H32N2O3/c1-17(25)23-15-11-20(12-16-23)22(26)24-13-9-19(10-14-24)4-3-18-5-7-21(27-2)8-6-18/h5-8,19-20H,3-4,9-16H2,1-2H3. The number of hydrogen-bond donors (Lipinski definition) is 0. The molecule has 2 aliphatic rings. The molecule has 1 aromatic rings. The number of hydrogen-bond acceptors (Lipinski definition) is 3. The van der Waals surface area contributed by atoms with Gasteiger partial charge in [0.2, 0.25) is 11.8 Å². The van der Waals surface area contributed by atoms with Crippen molar-refractivity contribution in [3.63, 3.8) is 0 Å². The molecule has 2 saturated heterocycles. The SMILES string of the molecule is COc1ccc(CCC2CCN(C(=O)C3CCN(C(C)=O)CC3)CC2)cc1. The van der Waals surface area contributed by atoms with Gasteiger partial charge < -0.3 is 14.5 Å². The Labute approximate surface area is 162 Å². The van der Waals surface area contributed by atoms with Gasteiger partial charge in [0.1, 0.15) is 5.75 Å². The van der Waals surface area contributed by atoms with Crippen LogP contribution in [0.25, 0.3) is 0 Å². The molecule has 27 heavy (non-hydrogen) atoms. The summed E-state index contributed by atoms with van der Waals surface area (Å²) in [5, 5.41) is 0. The average Bonchev–Trinajstić information content (AvgIpc) is 2.72. The van der Waals surface area contributed by atoms with Crippen LogP contribution in [-0.4, -0.2) is 54.9 Å². The van der Waals surface area contributed by atoms with Crippen LogP contribution in [0, 0.1) is 11.8 Å². The van der Waals surface area contributed by atoms with E-state index in [0.29, 0.717) is 11.8 Å². The van der Waals surface area contributed by atoms with E-state index in [-0.39, 0.29) is 11.8 Å². The average molecular weight is 373 g/mol. The van der Waals surface area contributed by atoms with Crippen LogP contribution in [-0.2, 0) is 16.0 Å². The van der Waals surface area contributed by atoms with Crippen molar-refractivity contribution in [3.8, 4) is 5.75 Å². The van der Waals surface area contributed by atoms with Crippen LogP contribution >= 0.6 is 0 Å². The van der Waals surface area contributed by atoms with Crippen molar-refractivity contribution in [2.45, 2.75) is 45.4 Å². The number of methoxy groups -OCH3 is 1. The van der Waals surface area contributed by atoms with Gasteiger partial charge in [-0.3, -0.25) is 9.59 Å². The third-order valence-electron chi connectivity index (χ3n) is 6.22. The Hall–Kier alpha value is -2.04. The number of aryl methyl sites for hydroxylation is 1. The molecule has 2 amide bonds. The van der Waals surface area contributed by atoms with Gasteiger partial charge in [0.05, 0.1) is 7.11 Å². The van der Waals surface area contributed by atoms with Gasteiger partial charge in [-0.1, -0.05) is 12.1 Å². The molecule has 2 fully saturated rings. The molecule has 2 aliphatic heterocycles. The second-order valence-corrected chi connectivity index (χ2v) is 7.94. The maximum Gasteiger partial charge on any atom is 0.225 e. The molecule has 0 N–H and O–H groups in total. The number of rotatable bonds is 5. The smallest absolute Gasteiger partial charge is 0.225 e. The molecule has 2 heterocycles.